The summed E-state index contributed by atoms with van der Waals surface area (Å²) < 4.78 is 0. The number of hydrogen-bond donors (Lipinski definition) is 0. The van der Waals surface area contributed by atoms with E-state index in [-0.39, 0.29) is 17.2 Å². The van der Waals surface area contributed by atoms with Gasteiger partial charge in [0.15, 0.2) is 0 Å². The monoisotopic (exact) mass is 365 g/mol. The van der Waals surface area contributed by atoms with Crippen molar-refractivity contribution >= 4 is 23.1 Å². The molecule has 0 saturated carbocycles. The molecule has 7 heteroatoms. The van der Waals surface area contributed by atoms with Gasteiger partial charge < -0.3 is 9.80 Å². The highest BCUT2D eigenvalue weighted by Gasteiger charge is 2.46. The van der Waals surface area contributed by atoms with Crippen molar-refractivity contribution in [1.82, 2.24) is 9.80 Å². The maximum atomic E-state index is 13.2. The zero-order valence-corrected chi connectivity index (χ0v) is 15.0. The Hall–Kier alpha value is -3.48. The van der Waals surface area contributed by atoms with Gasteiger partial charge in [-0.05, 0) is 24.1 Å². The molecular weight excluding hydrogens is 346 g/mol. The van der Waals surface area contributed by atoms with Crippen LogP contribution in [0.5, 0.6) is 0 Å². The fourth-order valence-electron chi connectivity index (χ4n) is 3.38. The van der Waals surface area contributed by atoms with Crippen molar-refractivity contribution < 1.29 is 14.5 Å². The molecule has 1 aliphatic rings. The van der Waals surface area contributed by atoms with Crippen LogP contribution in [0.2, 0.25) is 0 Å². The quantitative estimate of drug-likeness (QED) is 0.616. The second-order valence-corrected chi connectivity index (χ2v) is 6.38. The lowest BCUT2D eigenvalue weighted by atomic mass is 10.0. The van der Waals surface area contributed by atoms with Crippen LogP contribution in [0.25, 0.3) is 5.57 Å². The summed E-state index contributed by atoms with van der Waals surface area (Å²) in [5.74, 6) is -0.821. The van der Waals surface area contributed by atoms with Crippen LogP contribution in [0.1, 0.15) is 22.8 Å². The van der Waals surface area contributed by atoms with Crippen LogP contribution in [0.3, 0.4) is 0 Å². The van der Waals surface area contributed by atoms with E-state index in [0.29, 0.717) is 5.57 Å². The SMILES string of the molecule is C=C(c1ccccc1)[C@@H]1N(C)C(=O)[C@H](C)N1C(=O)c1ccccc1[N+](=O)[O-]. The lowest BCUT2D eigenvalue weighted by molar-refractivity contribution is -0.385. The summed E-state index contributed by atoms with van der Waals surface area (Å²) in [5, 5.41) is 11.3. The number of nitro benzene ring substituents is 1. The molecule has 27 heavy (non-hydrogen) atoms. The molecule has 0 unspecified atom stereocenters. The van der Waals surface area contributed by atoms with Gasteiger partial charge in [-0.1, -0.05) is 49.0 Å². The minimum atomic E-state index is -0.757. The van der Waals surface area contributed by atoms with Gasteiger partial charge in [0.1, 0.15) is 17.8 Å². The van der Waals surface area contributed by atoms with Crippen LogP contribution in [-0.4, -0.2) is 45.8 Å². The van der Waals surface area contributed by atoms with Crippen molar-refractivity contribution in [2.45, 2.75) is 19.1 Å². The first-order valence-corrected chi connectivity index (χ1v) is 8.41. The Balaban J connectivity index is 2.06. The molecule has 1 aliphatic heterocycles. The molecular formula is C20H19N3O4. The molecule has 0 radical (unpaired) electrons. The Morgan fingerprint density at radius 3 is 2.33 bits per heavy atom. The molecule has 7 nitrogen and oxygen atoms in total. The van der Waals surface area contributed by atoms with Gasteiger partial charge in [0.2, 0.25) is 5.91 Å². The number of nitrogens with zero attached hydrogens (tertiary/aromatic N) is 3. The molecule has 1 heterocycles. The van der Waals surface area contributed by atoms with E-state index >= 15 is 0 Å². The van der Waals surface area contributed by atoms with Crippen molar-refractivity contribution in [1.29, 1.82) is 0 Å². The topological polar surface area (TPSA) is 83.8 Å². The first-order chi connectivity index (χ1) is 12.8. The highest BCUT2D eigenvalue weighted by Crippen LogP contribution is 2.33. The van der Waals surface area contributed by atoms with Crippen molar-refractivity contribution in [3.8, 4) is 0 Å². The molecule has 3 rings (SSSR count). The number of para-hydroxylation sites is 1. The van der Waals surface area contributed by atoms with E-state index in [4.69, 9.17) is 0 Å². The molecule has 1 saturated heterocycles. The minimum Gasteiger partial charge on any atom is -0.319 e. The van der Waals surface area contributed by atoms with Gasteiger partial charge in [0.05, 0.1) is 4.92 Å². The van der Waals surface area contributed by atoms with Crippen LogP contribution in [0, 0.1) is 10.1 Å². The van der Waals surface area contributed by atoms with E-state index in [1.807, 2.05) is 30.3 Å². The number of hydrogen-bond acceptors (Lipinski definition) is 4. The molecule has 138 valence electrons. The second-order valence-electron chi connectivity index (χ2n) is 6.38. The van der Waals surface area contributed by atoms with Crippen molar-refractivity contribution in [3.05, 3.63) is 82.4 Å². The zero-order valence-electron chi connectivity index (χ0n) is 15.0. The lowest BCUT2D eigenvalue weighted by Gasteiger charge is -2.31. The van der Waals surface area contributed by atoms with Gasteiger partial charge in [0, 0.05) is 13.1 Å². The summed E-state index contributed by atoms with van der Waals surface area (Å²) in [5.41, 5.74) is 1.02. The summed E-state index contributed by atoms with van der Waals surface area (Å²) in [6.07, 6.45) is -0.720. The molecule has 0 aliphatic carbocycles. The van der Waals surface area contributed by atoms with Crippen molar-refractivity contribution in [3.63, 3.8) is 0 Å². The summed E-state index contributed by atoms with van der Waals surface area (Å²) in [6.45, 7) is 5.70. The summed E-state index contributed by atoms with van der Waals surface area (Å²) in [4.78, 5) is 39.3. The lowest BCUT2D eigenvalue weighted by Crippen LogP contribution is -2.44. The highest BCUT2D eigenvalue weighted by atomic mass is 16.6. The zero-order chi connectivity index (χ0) is 19.7. The minimum absolute atomic E-state index is 0.0525. The number of rotatable bonds is 4. The second kappa shape index (κ2) is 7.03. The van der Waals surface area contributed by atoms with Crippen LogP contribution in [0.4, 0.5) is 5.69 Å². The number of carbonyl (C=O) groups is 2. The molecule has 2 aromatic carbocycles. The Bertz CT molecular complexity index is 926. The Morgan fingerprint density at radius 2 is 1.70 bits per heavy atom. The summed E-state index contributed by atoms with van der Waals surface area (Å²) >= 11 is 0. The molecule has 0 spiro atoms. The number of nitro groups is 1. The molecule has 0 N–H and O–H groups in total. The van der Waals surface area contributed by atoms with Crippen molar-refractivity contribution in [2.24, 2.45) is 0 Å². The van der Waals surface area contributed by atoms with Gasteiger partial charge in [-0.3, -0.25) is 19.7 Å². The predicted molar refractivity (Wildman–Crippen MR) is 101 cm³/mol. The molecule has 2 amide bonds. The van der Waals surface area contributed by atoms with Crippen LogP contribution < -0.4 is 0 Å². The number of amides is 2. The van der Waals surface area contributed by atoms with Crippen LogP contribution >= 0.6 is 0 Å². The van der Waals surface area contributed by atoms with Crippen molar-refractivity contribution in [2.75, 3.05) is 7.05 Å². The van der Waals surface area contributed by atoms with Gasteiger partial charge >= 0.3 is 0 Å². The molecule has 2 aromatic rings. The number of carbonyl (C=O) groups excluding carboxylic acids is 2. The third-order valence-electron chi connectivity index (χ3n) is 4.77. The highest BCUT2D eigenvalue weighted by molar-refractivity contribution is 6.03. The van der Waals surface area contributed by atoms with E-state index in [1.165, 1.54) is 28.0 Å². The molecule has 0 bridgehead atoms. The number of likely N-dealkylation sites (N-methyl/N-ethyl adjacent to an activating group) is 1. The van der Waals surface area contributed by atoms with Gasteiger partial charge in [-0.15, -0.1) is 0 Å². The van der Waals surface area contributed by atoms with E-state index < -0.39 is 23.0 Å². The molecule has 0 aromatic heterocycles. The average molecular weight is 365 g/mol. The van der Waals surface area contributed by atoms with E-state index in [0.717, 1.165) is 5.56 Å². The van der Waals surface area contributed by atoms with Gasteiger partial charge in [0.25, 0.3) is 11.6 Å². The normalized spacial score (nSPS) is 19.3. The fraction of sp³-hybridized carbons (Fsp3) is 0.200. The Labute approximate surface area is 156 Å². The Morgan fingerprint density at radius 1 is 1.11 bits per heavy atom. The fourth-order valence-corrected chi connectivity index (χ4v) is 3.38. The smallest absolute Gasteiger partial charge is 0.282 e. The third-order valence-corrected chi connectivity index (χ3v) is 4.77. The van der Waals surface area contributed by atoms with E-state index in [9.17, 15) is 19.7 Å². The van der Waals surface area contributed by atoms with Gasteiger partial charge in [-0.2, -0.15) is 0 Å². The third kappa shape index (κ3) is 3.08. The maximum Gasteiger partial charge on any atom is 0.282 e. The summed E-state index contributed by atoms with van der Waals surface area (Å²) in [7, 11) is 1.60. The summed E-state index contributed by atoms with van der Waals surface area (Å²) in [6, 6.07) is 14.2. The van der Waals surface area contributed by atoms with Crippen LogP contribution in [-0.2, 0) is 4.79 Å². The average Bonchev–Trinajstić information content (AvgIpc) is 2.91. The molecule has 2 atom stereocenters. The van der Waals surface area contributed by atoms with Gasteiger partial charge in [-0.25, -0.2) is 0 Å². The van der Waals surface area contributed by atoms with E-state index in [2.05, 4.69) is 6.58 Å². The van der Waals surface area contributed by atoms with E-state index in [1.54, 1.807) is 20.0 Å². The predicted octanol–water partition coefficient (Wildman–Crippen LogP) is 2.94. The largest absolute Gasteiger partial charge is 0.319 e. The molecule has 1 fully saturated rings. The maximum absolute atomic E-state index is 13.2. The Kier molecular flexibility index (Phi) is 4.77. The van der Waals surface area contributed by atoms with Crippen LogP contribution in [0.15, 0.2) is 61.2 Å². The first-order valence-electron chi connectivity index (χ1n) is 8.41. The number of benzene rings is 2. The first kappa shape index (κ1) is 18.3. The standard InChI is InChI=1S/C20H19N3O4/c1-13(15-9-5-4-6-10-15)18-21(3)19(24)14(2)22(18)20(25)16-11-7-8-12-17(16)23(26)27/h4-12,14,18H,1H2,2-3H3/t14-,18+/m0/s1.